The molecule has 1 saturated carbocycles. The van der Waals surface area contributed by atoms with E-state index in [0.717, 1.165) is 73.7 Å². The number of rotatable bonds is 4. The molecule has 0 unspecified atom stereocenters. The number of hydrogen-bond donors (Lipinski definition) is 2. The fourth-order valence-corrected chi connectivity index (χ4v) is 8.32. The largest absolute Gasteiger partial charge is 0.381 e. The summed E-state index contributed by atoms with van der Waals surface area (Å²) >= 11 is 0. The molecule has 0 heterocycles. The second-order valence-corrected chi connectivity index (χ2v) is 13.4. The summed E-state index contributed by atoms with van der Waals surface area (Å²) in [4.78, 5) is 0. The van der Waals surface area contributed by atoms with Crippen LogP contribution in [0, 0.1) is 0 Å². The third kappa shape index (κ3) is 5.34. The molecule has 4 aromatic carbocycles. The quantitative estimate of drug-likeness (QED) is 0.243. The molecule has 0 aliphatic heterocycles. The first-order chi connectivity index (χ1) is 22.4. The van der Waals surface area contributed by atoms with Gasteiger partial charge in [0.2, 0.25) is 0 Å². The van der Waals surface area contributed by atoms with Crippen molar-refractivity contribution < 1.29 is 10.2 Å². The van der Waals surface area contributed by atoms with Crippen LogP contribution in [-0.2, 0) is 0 Å². The molecule has 2 nitrogen and oxygen atoms in total. The minimum absolute atomic E-state index is 0.805. The summed E-state index contributed by atoms with van der Waals surface area (Å²) in [6.07, 6.45) is 6.92. The smallest absolute Gasteiger partial charge is 0.106 e. The van der Waals surface area contributed by atoms with Crippen LogP contribution in [0.1, 0.15) is 87.5 Å². The van der Waals surface area contributed by atoms with Gasteiger partial charge >= 0.3 is 0 Å². The molecular formula is C44H44O2. The third-order valence-corrected chi connectivity index (χ3v) is 10.5. The first kappa shape index (κ1) is 30.4. The van der Waals surface area contributed by atoms with Gasteiger partial charge in [-0.05, 0) is 132 Å². The minimum Gasteiger partial charge on any atom is -0.381 e. The van der Waals surface area contributed by atoms with Crippen LogP contribution in [0.25, 0.3) is 22.3 Å². The summed E-state index contributed by atoms with van der Waals surface area (Å²) in [5.74, 6) is 0. The predicted molar refractivity (Wildman–Crippen MR) is 192 cm³/mol. The first-order valence-electron chi connectivity index (χ1n) is 17.0. The summed E-state index contributed by atoms with van der Waals surface area (Å²) in [5, 5.41) is 24.9. The van der Waals surface area contributed by atoms with E-state index in [1.54, 1.807) is 0 Å². The summed E-state index contributed by atoms with van der Waals surface area (Å²) in [6.45, 7) is 4.06. The molecule has 4 aromatic rings. The molecule has 232 valence electrons. The Bertz CT molecular complexity index is 1560. The van der Waals surface area contributed by atoms with Gasteiger partial charge in [-0.3, -0.25) is 0 Å². The highest BCUT2D eigenvalue weighted by molar-refractivity contribution is 6.12. The van der Waals surface area contributed by atoms with E-state index >= 15 is 0 Å². The lowest BCUT2D eigenvalue weighted by molar-refractivity contribution is 0.128. The van der Waals surface area contributed by atoms with Crippen molar-refractivity contribution in [3.63, 3.8) is 0 Å². The van der Waals surface area contributed by atoms with Crippen LogP contribution in [0.4, 0.5) is 0 Å². The Kier molecular flexibility index (Phi) is 8.27. The number of benzene rings is 4. The highest BCUT2D eigenvalue weighted by Gasteiger charge is 2.44. The molecule has 1 fully saturated rings. The van der Waals surface area contributed by atoms with Crippen molar-refractivity contribution in [3.8, 4) is 0 Å². The van der Waals surface area contributed by atoms with E-state index in [2.05, 4.69) is 121 Å². The molecule has 0 radical (unpaired) electrons. The average molecular weight is 605 g/mol. The number of fused-ring (bicyclic) bond motifs is 4. The van der Waals surface area contributed by atoms with E-state index in [9.17, 15) is 10.2 Å². The van der Waals surface area contributed by atoms with Crippen molar-refractivity contribution >= 4 is 22.3 Å². The van der Waals surface area contributed by atoms with E-state index in [1.165, 1.54) is 44.5 Å². The van der Waals surface area contributed by atoms with Gasteiger partial charge in [0, 0.05) is 0 Å². The maximum absolute atomic E-state index is 12.5. The monoisotopic (exact) mass is 604 g/mol. The van der Waals surface area contributed by atoms with Crippen LogP contribution in [0.15, 0.2) is 144 Å². The van der Waals surface area contributed by atoms with E-state index < -0.39 is 11.2 Å². The van der Waals surface area contributed by atoms with E-state index in [1.807, 2.05) is 13.8 Å². The van der Waals surface area contributed by atoms with Gasteiger partial charge in [-0.2, -0.15) is 0 Å². The van der Waals surface area contributed by atoms with Crippen molar-refractivity contribution in [1.29, 1.82) is 0 Å². The van der Waals surface area contributed by atoms with Crippen LogP contribution in [0.2, 0.25) is 0 Å². The zero-order chi connectivity index (χ0) is 31.7. The van der Waals surface area contributed by atoms with Gasteiger partial charge in [0.25, 0.3) is 0 Å². The second-order valence-electron chi connectivity index (χ2n) is 13.4. The van der Waals surface area contributed by atoms with Crippen molar-refractivity contribution in [2.75, 3.05) is 0 Å². The zero-order valence-corrected chi connectivity index (χ0v) is 27.1. The Morgan fingerprint density at radius 2 is 0.543 bits per heavy atom. The lowest BCUT2D eigenvalue weighted by Crippen LogP contribution is -2.29. The van der Waals surface area contributed by atoms with Crippen molar-refractivity contribution in [3.05, 3.63) is 166 Å². The summed E-state index contributed by atoms with van der Waals surface area (Å²) in [6, 6.07) is 42.6. The SMILES string of the molecule is CC1(O)C2=C(c3ccccc3)C(c3ccccc3)=C1CCCCC1=C(c3ccccc3)C(c3ccccc3)=C(CCCC2)C1(C)O. The number of allylic oxidation sites excluding steroid dienone is 4. The summed E-state index contributed by atoms with van der Waals surface area (Å²) in [5.41, 5.74) is 12.0. The number of hydrogen-bond acceptors (Lipinski definition) is 2. The van der Waals surface area contributed by atoms with Crippen molar-refractivity contribution in [2.45, 2.75) is 76.4 Å². The molecule has 3 aliphatic rings. The molecule has 0 saturated heterocycles. The molecule has 0 aromatic heterocycles. The maximum atomic E-state index is 12.5. The Morgan fingerprint density at radius 1 is 0.348 bits per heavy atom. The van der Waals surface area contributed by atoms with E-state index in [-0.39, 0.29) is 0 Å². The molecule has 46 heavy (non-hydrogen) atoms. The molecule has 2 N–H and O–H groups in total. The van der Waals surface area contributed by atoms with Crippen LogP contribution >= 0.6 is 0 Å². The van der Waals surface area contributed by atoms with Crippen molar-refractivity contribution in [2.24, 2.45) is 0 Å². The Hall–Kier alpha value is -4.24. The van der Waals surface area contributed by atoms with Gasteiger partial charge in [-0.15, -0.1) is 0 Å². The Morgan fingerprint density at radius 3 is 0.739 bits per heavy atom. The molecular weight excluding hydrogens is 560 g/mol. The van der Waals surface area contributed by atoms with E-state index in [4.69, 9.17) is 0 Å². The van der Waals surface area contributed by atoms with Gasteiger partial charge in [0.1, 0.15) is 11.2 Å². The topological polar surface area (TPSA) is 40.5 Å². The van der Waals surface area contributed by atoms with Crippen LogP contribution < -0.4 is 0 Å². The van der Waals surface area contributed by atoms with Gasteiger partial charge in [0.15, 0.2) is 0 Å². The molecule has 3 aliphatic carbocycles. The van der Waals surface area contributed by atoms with Gasteiger partial charge in [0.05, 0.1) is 0 Å². The molecule has 7 rings (SSSR count). The summed E-state index contributed by atoms with van der Waals surface area (Å²) < 4.78 is 0. The molecule has 0 spiro atoms. The highest BCUT2D eigenvalue weighted by atomic mass is 16.3. The standard InChI is InChI=1S/C44H44O2/c1-43(45)35-27-15-17-29-37-41(33-23-11-5-12-24-33)42(34-25-13-6-14-26-34)38(44(37,2)46)30-18-16-28-36(43)40(32-21-9-4-10-22-32)39(35)31-19-7-3-8-20-31/h3-14,19-26,45-46H,15-18,27-30H2,1-2H3. The zero-order valence-electron chi connectivity index (χ0n) is 27.1. The fourth-order valence-electron chi connectivity index (χ4n) is 8.32. The maximum Gasteiger partial charge on any atom is 0.106 e. The van der Waals surface area contributed by atoms with Gasteiger partial charge in [-0.1, -0.05) is 121 Å². The molecule has 4 bridgehead atoms. The second kappa shape index (κ2) is 12.5. The first-order valence-corrected chi connectivity index (χ1v) is 17.0. The van der Waals surface area contributed by atoms with Gasteiger partial charge < -0.3 is 10.2 Å². The minimum atomic E-state index is -1.01. The molecule has 0 amide bonds. The Labute approximate surface area is 274 Å². The van der Waals surface area contributed by atoms with Gasteiger partial charge in [-0.25, -0.2) is 0 Å². The predicted octanol–water partition coefficient (Wildman–Crippen LogP) is 10.5. The highest BCUT2D eigenvalue weighted by Crippen LogP contribution is 2.55. The van der Waals surface area contributed by atoms with Crippen LogP contribution in [-0.4, -0.2) is 21.4 Å². The van der Waals surface area contributed by atoms with Crippen molar-refractivity contribution in [1.82, 2.24) is 0 Å². The average Bonchev–Trinajstić information content (AvgIpc) is 3.44. The molecule has 0 atom stereocenters. The fraction of sp³-hybridized carbons (Fsp3) is 0.273. The third-order valence-electron chi connectivity index (χ3n) is 10.5. The summed E-state index contributed by atoms with van der Waals surface area (Å²) in [7, 11) is 0. The molecule has 2 heteroatoms. The lowest BCUT2D eigenvalue weighted by atomic mass is 9.81. The van der Waals surface area contributed by atoms with Crippen LogP contribution in [0.3, 0.4) is 0 Å². The van der Waals surface area contributed by atoms with Crippen LogP contribution in [0.5, 0.6) is 0 Å². The lowest BCUT2D eigenvalue weighted by Gasteiger charge is -2.29. The number of aliphatic hydroxyl groups is 2. The Balaban J connectivity index is 1.36. The normalized spacial score (nSPS) is 24.1. The van der Waals surface area contributed by atoms with E-state index in [0.29, 0.717) is 0 Å².